The molecule has 1 aromatic heterocycles. The first-order chi connectivity index (χ1) is 11.7. The van der Waals surface area contributed by atoms with Crippen molar-refractivity contribution >= 4 is 5.91 Å². The van der Waals surface area contributed by atoms with Gasteiger partial charge in [-0.3, -0.25) is 9.89 Å². The van der Waals surface area contributed by atoms with E-state index in [2.05, 4.69) is 40.6 Å². The van der Waals surface area contributed by atoms with Crippen LogP contribution in [0, 0.1) is 0 Å². The molecule has 24 heavy (non-hydrogen) atoms. The molecule has 1 heterocycles. The second-order valence-corrected chi connectivity index (χ2v) is 7.17. The van der Waals surface area contributed by atoms with E-state index in [9.17, 15) is 4.79 Å². The molecule has 2 aromatic rings. The van der Waals surface area contributed by atoms with Gasteiger partial charge in [0.1, 0.15) is 0 Å². The molecule has 0 radical (unpaired) electrons. The first-order valence-corrected chi connectivity index (χ1v) is 9.21. The monoisotopic (exact) mass is 323 g/mol. The molecule has 1 aromatic carbocycles. The highest BCUT2D eigenvalue weighted by Crippen LogP contribution is 2.26. The zero-order valence-corrected chi connectivity index (χ0v) is 14.3. The van der Waals surface area contributed by atoms with E-state index in [1.54, 1.807) is 0 Å². The van der Waals surface area contributed by atoms with Crippen LogP contribution in [0.1, 0.15) is 77.1 Å². The number of aromatic amines is 1. The lowest BCUT2D eigenvalue weighted by Crippen LogP contribution is -2.28. The number of hydrogen-bond donors (Lipinski definition) is 2. The highest BCUT2D eigenvalue weighted by atomic mass is 16.2. The van der Waals surface area contributed by atoms with Crippen molar-refractivity contribution in [2.75, 3.05) is 0 Å². The fraction of sp³-hybridized carbons (Fsp3) is 0.500. The Kier molecular flexibility index (Phi) is 4.13. The Bertz CT molecular complexity index is 762. The average Bonchev–Trinajstić information content (AvgIpc) is 3.15. The summed E-state index contributed by atoms with van der Waals surface area (Å²) in [6, 6.07) is 6.64. The summed E-state index contributed by atoms with van der Waals surface area (Å²) in [5.41, 5.74) is 6.98. The van der Waals surface area contributed by atoms with Gasteiger partial charge in [0.15, 0.2) is 5.69 Å². The Balaban J connectivity index is 1.51. The van der Waals surface area contributed by atoms with Crippen LogP contribution in [0.25, 0.3) is 0 Å². The summed E-state index contributed by atoms with van der Waals surface area (Å²) in [4.78, 5) is 12.7. The average molecular weight is 323 g/mol. The van der Waals surface area contributed by atoms with Gasteiger partial charge in [0, 0.05) is 11.3 Å². The Morgan fingerprint density at radius 2 is 1.92 bits per heavy atom. The van der Waals surface area contributed by atoms with Crippen LogP contribution in [0.2, 0.25) is 0 Å². The van der Waals surface area contributed by atoms with Crippen LogP contribution in [0.3, 0.4) is 0 Å². The van der Waals surface area contributed by atoms with Crippen LogP contribution < -0.4 is 5.32 Å². The highest BCUT2D eigenvalue weighted by Gasteiger charge is 2.22. The smallest absolute Gasteiger partial charge is 0.272 e. The third-order valence-corrected chi connectivity index (χ3v) is 5.49. The maximum atomic E-state index is 12.7. The van der Waals surface area contributed by atoms with Gasteiger partial charge in [0.25, 0.3) is 5.91 Å². The third kappa shape index (κ3) is 2.85. The van der Waals surface area contributed by atoms with E-state index in [-0.39, 0.29) is 11.9 Å². The Morgan fingerprint density at radius 1 is 1.08 bits per heavy atom. The Morgan fingerprint density at radius 3 is 2.83 bits per heavy atom. The van der Waals surface area contributed by atoms with E-state index in [1.807, 2.05) is 0 Å². The highest BCUT2D eigenvalue weighted by molar-refractivity contribution is 5.94. The Hall–Kier alpha value is -2.10. The molecule has 1 amide bonds. The van der Waals surface area contributed by atoms with E-state index >= 15 is 0 Å². The number of carbonyl (C=O) groups is 1. The topological polar surface area (TPSA) is 57.8 Å². The van der Waals surface area contributed by atoms with Crippen LogP contribution in [0.15, 0.2) is 18.2 Å². The second kappa shape index (κ2) is 6.42. The number of H-pyrrole nitrogens is 1. The largest absolute Gasteiger partial charge is 0.344 e. The zero-order chi connectivity index (χ0) is 16.5. The van der Waals surface area contributed by atoms with Gasteiger partial charge in [0.05, 0.1) is 6.04 Å². The number of nitrogens with zero attached hydrogens (tertiary/aromatic N) is 1. The van der Waals surface area contributed by atoms with Gasteiger partial charge >= 0.3 is 0 Å². The lowest BCUT2D eigenvalue weighted by molar-refractivity contribution is 0.0934. The Labute approximate surface area is 143 Å². The van der Waals surface area contributed by atoms with Gasteiger partial charge in [-0.1, -0.05) is 24.6 Å². The fourth-order valence-electron chi connectivity index (χ4n) is 4.05. The number of hydrogen-bond acceptors (Lipinski definition) is 2. The first kappa shape index (κ1) is 15.4. The standard InChI is InChI=1S/C20H25N3O/c1-13(15-11-10-14-6-5-7-16(14)12-15)21-20(24)19-17-8-3-2-4-9-18(17)22-23-19/h10-13H,2-9H2,1H3,(H,21,24)(H,22,23). The quantitative estimate of drug-likeness (QED) is 0.847. The molecular weight excluding hydrogens is 298 g/mol. The molecule has 2 aliphatic rings. The van der Waals surface area contributed by atoms with E-state index in [0.29, 0.717) is 5.69 Å². The van der Waals surface area contributed by atoms with Gasteiger partial charge in [0.2, 0.25) is 0 Å². The molecular formula is C20H25N3O. The fourth-order valence-corrected chi connectivity index (χ4v) is 4.05. The van der Waals surface area contributed by atoms with Crippen molar-refractivity contribution in [1.29, 1.82) is 0 Å². The summed E-state index contributed by atoms with van der Waals surface area (Å²) in [5.74, 6) is -0.0533. The predicted octanol–water partition coefficient (Wildman–Crippen LogP) is 3.66. The van der Waals surface area contributed by atoms with Crippen LogP contribution in [0.5, 0.6) is 0 Å². The molecule has 0 fully saturated rings. The molecule has 1 atom stereocenters. The van der Waals surface area contributed by atoms with Crippen molar-refractivity contribution in [2.45, 2.75) is 64.3 Å². The van der Waals surface area contributed by atoms with E-state index in [4.69, 9.17) is 0 Å². The van der Waals surface area contributed by atoms with Gasteiger partial charge in [-0.15, -0.1) is 0 Å². The molecule has 0 bridgehead atoms. The van der Waals surface area contributed by atoms with Gasteiger partial charge in [-0.25, -0.2) is 0 Å². The van der Waals surface area contributed by atoms with E-state index < -0.39 is 0 Å². The number of rotatable bonds is 3. The summed E-state index contributed by atoms with van der Waals surface area (Å²) < 4.78 is 0. The zero-order valence-electron chi connectivity index (χ0n) is 14.3. The number of amides is 1. The molecule has 4 heteroatoms. The molecule has 0 saturated heterocycles. The molecule has 0 aliphatic heterocycles. The molecule has 2 aliphatic carbocycles. The number of aryl methyl sites for hydroxylation is 3. The number of carbonyl (C=O) groups excluding carboxylic acids is 1. The molecule has 4 rings (SSSR count). The summed E-state index contributed by atoms with van der Waals surface area (Å²) in [7, 11) is 0. The summed E-state index contributed by atoms with van der Waals surface area (Å²) in [6.45, 7) is 2.06. The minimum atomic E-state index is -0.0533. The lowest BCUT2D eigenvalue weighted by Gasteiger charge is -2.15. The van der Waals surface area contributed by atoms with Gasteiger partial charge in [-0.2, -0.15) is 5.10 Å². The normalized spacial score (nSPS) is 17.7. The van der Waals surface area contributed by atoms with E-state index in [0.717, 1.165) is 36.9 Å². The maximum Gasteiger partial charge on any atom is 0.272 e. The number of nitrogens with one attached hydrogen (secondary N) is 2. The van der Waals surface area contributed by atoms with Crippen LogP contribution >= 0.6 is 0 Å². The van der Waals surface area contributed by atoms with Crippen molar-refractivity contribution in [2.24, 2.45) is 0 Å². The third-order valence-electron chi connectivity index (χ3n) is 5.49. The molecule has 1 unspecified atom stereocenters. The molecule has 4 nitrogen and oxygen atoms in total. The number of aromatic nitrogens is 2. The van der Waals surface area contributed by atoms with Crippen LogP contribution in [-0.2, 0) is 25.7 Å². The lowest BCUT2D eigenvalue weighted by atomic mass is 10.0. The predicted molar refractivity (Wildman–Crippen MR) is 94.2 cm³/mol. The number of benzene rings is 1. The van der Waals surface area contributed by atoms with Crippen molar-refractivity contribution < 1.29 is 4.79 Å². The summed E-state index contributed by atoms with van der Waals surface area (Å²) in [5, 5.41) is 10.5. The van der Waals surface area contributed by atoms with Gasteiger partial charge < -0.3 is 5.32 Å². The molecule has 0 saturated carbocycles. The molecule has 2 N–H and O–H groups in total. The van der Waals surface area contributed by atoms with Crippen LogP contribution in [0.4, 0.5) is 0 Å². The molecule has 126 valence electrons. The van der Waals surface area contributed by atoms with E-state index in [1.165, 1.54) is 42.4 Å². The maximum absolute atomic E-state index is 12.7. The first-order valence-electron chi connectivity index (χ1n) is 9.21. The minimum Gasteiger partial charge on any atom is -0.344 e. The minimum absolute atomic E-state index is 0.00141. The van der Waals surface area contributed by atoms with Crippen molar-refractivity contribution in [3.8, 4) is 0 Å². The SMILES string of the molecule is CC(NC(=O)c1n[nH]c2c1CCCCC2)c1ccc2c(c1)CCC2. The van der Waals surface area contributed by atoms with Crippen molar-refractivity contribution in [3.05, 3.63) is 51.8 Å². The van der Waals surface area contributed by atoms with Crippen molar-refractivity contribution in [1.82, 2.24) is 15.5 Å². The van der Waals surface area contributed by atoms with Gasteiger partial charge in [-0.05, 0) is 68.6 Å². The van der Waals surface area contributed by atoms with Crippen LogP contribution in [-0.4, -0.2) is 16.1 Å². The second-order valence-electron chi connectivity index (χ2n) is 7.17. The summed E-state index contributed by atoms with van der Waals surface area (Å²) in [6.07, 6.45) is 9.13. The number of fused-ring (bicyclic) bond motifs is 2. The molecule has 0 spiro atoms. The summed E-state index contributed by atoms with van der Waals surface area (Å²) >= 11 is 0. The van der Waals surface area contributed by atoms with Crippen molar-refractivity contribution in [3.63, 3.8) is 0 Å².